The lowest BCUT2D eigenvalue weighted by atomic mass is 9.97. The highest BCUT2D eigenvalue weighted by Gasteiger charge is 2.35. The van der Waals surface area contributed by atoms with E-state index in [1.807, 2.05) is 36.9 Å². The summed E-state index contributed by atoms with van der Waals surface area (Å²) in [7, 11) is 0. The molecule has 2 amide bonds. The normalized spacial score (nSPS) is 23.9. The molecule has 5 heteroatoms. The van der Waals surface area contributed by atoms with Gasteiger partial charge in [-0.05, 0) is 63.4 Å². The fourth-order valence-corrected chi connectivity index (χ4v) is 3.94. The van der Waals surface area contributed by atoms with Crippen molar-refractivity contribution in [3.63, 3.8) is 0 Å². The summed E-state index contributed by atoms with van der Waals surface area (Å²) in [5, 5.41) is 2.79. The third-order valence-electron chi connectivity index (χ3n) is 5.68. The molecular formula is C20H29N3O2. The van der Waals surface area contributed by atoms with Crippen LogP contribution in [0.3, 0.4) is 0 Å². The molecule has 0 bridgehead atoms. The number of piperidine rings is 1. The Balaban J connectivity index is 1.56. The van der Waals surface area contributed by atoms with Crippen LogP contribution in [0.2, 0.25) is 0 Å². The molecule has 2 aliphatic heterocycles. The molecule has 136 valence electrons. The summed E-state index contributed by atoms with van der Waals surface area (Å²) >= 11 is 0. The second-order valence-electron chi connectivity index (χ2n) is 7.52. The van der Waals surface area contributed by atoms with Crippen molar-refractivity contribution in [3.05, 3.63) is 34.9 Å². The van der Waals surface area contributed by atoms with E-state index in [1.165, 1.54) is 19.3 Å². The van der Waals surface area contributed by atoms with E-state index in [9.17, 15) is 9.59 Å². The molecular weight excluding hydrogens is 314 g/mol. The van der Waals surface area contributed by atoms with E-state index >= 15 is 0 Å². The predicted octanol–water partition coefficient (Wildman–Crippen LogP) is 2.12. The Morgan fingerprint density at radius 1 is 1.16 bits per heavy atom. The van der Waals surface area contributed by atoms with Crippen molar-refractivity contribution in [3.8, 4) is 0 Å². The highest BCUT2D eigenvalue weighted by Crippen LogP contribution is 2.23. The molecule has 5 nitrogen and oxygen atoms in total. The molecule has 0 radical (unpaired) electrons. The number of fused-ring (bicyclic) bond motifs is 1. The van der Waals surface area contributed by atoms with Crippen LogP contribution in [0.4, 0.5) is 0 Å². The van der Waals surface area contributed by atoms with E-state index in [0.29, 0.717) is 11.6 Å². The molecule has 1 aromatic rings. The minimum Gasteiger partial charge on any atom is -0.343 e. The van der Waals surface area contributed by atoms with Crippen LogP contribution in [-0.4, -0.2) is 59.9 Å². The van der Waals surface area contributed by atoms with Gasteiger partial charge in [0, 0.05) is 30.7 Å². The van der Waals surface area contributed by atoms with Gasteiger partial charge in [0.15, 0.2) is 0 Å². The summed E-state index contributed by atoms with van der Waals surface area (Å²) in [5.41, 5.74) is 2.86. The quantitative estimate of drug-likeness (QED) is 0.915. The number of amides is 2. The van der Waals surface area contributed by atoms with Crippen LogP contribution < -0.4 is 5.32 Å². The summed E-state index contributed by atoms with van der Waals surface area (Å²) in [5.74, 6) is -0.157. The molecule has 25 heavy (non-hydrogen) atoms. The summed E-state index contributed by atoms with van der Waals surface area (Å²) in [6.45, 7) is 9.08. The molecule has 2 atom stereocenters. The monoisotopic (exact) mass is 343 g/mol. The second kappa shape index (κ2) is 7.56. The molecule has 1 aromatic carbocycles. The Kier molecular flexibility index (Phi) is 5.42. The Morgan fingerprint density at radius 2 is 1.96 bits per heavy atom. The van der Waals surface area contributed by atoms with Crippen molar-refractivity contribution >= 4 is 11.8 Å². The van der Waals surface area contributed by atoms with Gasteiger partial charge in [0.1, 0.15) is 0 Å². The smallest absolute Gasteiger partial charge is 0.251 e. The molecule has 3 rings (SSSR count). The van der Waals surface area contributed by atoms with Gasteiger partial charge in [-0.1, -0.05) is 12.5 Å². The first kappa shape index (κ1) is 17.9. The van der Waals surface area contributed by atoms with Gasteiger partial charge in [-0.3, -0.25) is 14.5 Å². The minimum absolute atomic E-state index is 0.0231. The van der Waals surface area contributed by atoms with E-state index in [-0.39, 0.29) is 24.4 Å². The maximum Gasteiger partial charge on any atom is 0.251 e. The van der Waals surface area contributed by atoms with Gasteiger partial charge in [0.2, 0.25) is 5.91 Å². The second-order valence-corrected chi connectivity index (χ2v) is 7.52. The molecule has 0 saturated carbocycles. The zero-order valence-corrected chi connectivity index (χ0v) is 15.5. The average Bonchev–Trinajstić information content (AvgIpc) is 2.61. The number of rotatable bonds is 3. The van der Waals surface area contributed by atoms with Crippen LogP contribution in [0.5, 0.6) is 0 Å². The summed E-state index contributed by atoms with van der Waals surface area (Å²) in [4.78, 5) is 29.4. The van der Waals surface area contributed by atoms with Crippen LogP contribution in [0.15, 0.2) is 18.2 Å². The predicted molar refractivity (Wildman–Crippen MR) is 98.6 cm³/mol. The van der Waals surface area contributed by atoms with E-state index in [0.717, 1.165) is 30.8 Å². The first-order valence-corrected chi connectivity index (χ1v) is 9.34. The number of nitrogens with zero attached hydrogens (tertiary/aromatic N) is 2. The maximum atomic E-state index is 12.6. The number of aryl methyl sites for hydroxylation is 2. The van der Waals surface area contributed by atoms with Crippen molar-refractivity contribution in [1.82, 2.24) is 15.1 Å². The Hall–Kier alpha value is -1.88. The number of nitrogens with one attached hydrogen (secondary N) is 1. The molecule has 2 heterocycles. The standard InChI is InChI=1S/C20H29N3O2/c1-14-7-8-17(10-15(14)2)20(25)21-11-19(24)23-13-18-6-4-5-9-22(18)12-16(23)3/h7-8,10,16,18H,4-6,9,11-13H2,1-3H3,(H,21,25). The molecule has 2 aliphatic rings. The van der Waals surface area contributed by atoms with Crippen molar-refractivity contribution in [2.24, 2.45) is 0 Å². The summed E-state index contributed by atoms with van der Waals surface area (Å²) in [6, 6.07) is 6.32. The molecule has 2 saturated heterocycles. The lowest BCUT2D eigenvalue weighted by Gasteiger charge is -2.47. The maximum absolute atomic E-state index is 12.6. The zero-order valence-electron chi connectivity index (χ0n) is 15.5. The number of carbonyl (C=O) groups is 2. The summed E-state index contributed by atoms with van der Waals surface area (Å²) in [6.07, 6.45) is 3.69. The third-order valence-corrected chi connectivity index (χ3v) is 5.68. The Bertz CT molecular complexity index is 658. The highest BCUT2D eigenvalue weighted by atomic mass is 16.2. The Morgan fingerprint density at radius 3 is 2.72 bits per heavy atom. The number of piperazine rings is 1. The van der Waals surface area contributed by atoms with Crippen molar-refractivity contribution < 1.29 is 9.59 Å². The average molecular weight is 343 g/mol. The fourth-order valence-electron chi connectivity index (χ4n) is 3.94. The molecule has 0 aliphatic carbocycles. The lowest BCUT2D eigenvalue weighted by Crippen LogP contribution is -2.61. The molecule has 2 unspecified atom stereocenters. The number of hydrogen-bond acceptors (Lipinski definition) is 3. The van der Waals surface area contributed by atoms with E-state index in [4.69, 9.17) is 0 Å². The largest absolute Gasteiger partial charge is 0.343 e. The number of hydrogen-bond donors (Lipinski definition) is 1. The van der Waals surface area contributed by atoms with Crippen LogP contribution in [0.1, 0.15) is 47.7 Å². The van der Waals surface area contributed by atoms with Crippen molar-refractivity contribution in [1.29, 1.82) is 0 Å². The third kappa shape index (κ3) is 4.03. The molecule has 2 fully saturated rings. The van der Waals surface area contributed by atoms with Crippen LogP contribution in [0, 0.1) is 13.8 Å². The van der Waals surface area contributed by atoms with Crippen LogP contribution in [-0.2, 0) is 4.79 Å². The number of carbonyl (C=O) groups excluding carboxylic acids is 2. The van der Waals surface area contributed by atoms with Gasteiger partial charge in [0.05, 0.1) is 6.54 Å². The SMILES string of the molecule is Cc1ccc(C(=O)NCC(=O)N2CC3CCCCN3CC2C)cc1C. The zero-order chi connectivity index (χ0) is 18.0. The molecule has 0 spiro atoms. The van der Waals surface area contributed by atoms with Gasteiger partial charge >= 0.3 is 0 Å². The van der Waals surface area contributed by atoms with Crippen LogP contribution in [0.25, 0.3) is 0 Å². The highest BCUT2D eigenvalue weighted by molar-refractivity contribution is 5.96. The van der Waals surface area contributed by atoms with Crippen molar-refractivity contribution in [2.45, 2.75) is 52.1 Å². The van der Waals surface area contributed by atoms with E-state index < -0.39 is 0 Å². The molecule has 0 aromatic heterocycles. The van der Waals surface area contributed by atoms with E-state index in [2.05, 4.69) is 17.1 Å². The number of benzene rings is 1. The van der Waals surface area contributed by atoms with Gasteiger partial charge in [-0.25, -0.2) is 0 Å². The van der Waals surface area contributed by atoms with Gasteiger partial charge in [0.25, 0.3) is 5.91 Å². The van der Waals surface area contributed by atoms with Gasteiger partial charge in [-0.15, -0.1) is 0 Å². The lowest BCUT2D eigenvalue weighted by molar-refractivity contribution is -0.136. The van der Waals surface area contributed by atoms with Gasteiger partial charge in [-0.2, -0.15) is 0 Å². The first-order chi connectivity index (χ1) is 12.0. The van der Waals surface area contributed by atoms with E-state index in [1.54, 1.807) is 0 Å². The summed E-state index contributed by atoms with van der Waals surface area (Å²) < 4.78 is 0. The van der Waals surface area contributed by atoms with Crippen molar-refractivity contribution in [2.75, 3.05) is 26.2 Å². The Labute approximate surface area is 150 Å². The fraction of sp³-hybridized carbons (Fsp3) is 0.600. The first-order valence-electron chi connectivity index (χ1n) is 9.34. The van der Waals surface area contributed by atoms with Crippen LogP contribution >= 0.6 is 0 Å². The topological polar surface area (TPSA) is 52.7 Å². The minimum atomic E-state index is -0.180. The molecule has 1 N–H and O–H groups in total. The van der Waals surface area contributed by atoms with Gasteiger partial charge < -0.3 is 10.2 Å².